The van der Waals surface area contributed by atoms with E-state index in [0.717, 1.165) is 18.5 Å². The quantitative estimate of drug-likeness (QED) is 0.328. The summed E-state index contributed by atoms with van der Waals surface area (Å²) in [7, 11) is 0. The molecule has 32 heavy (non-hydrogen) atoms. The van der Waals surface area contributed by atoms with Gasteiger partial charge in [-0.15, -0.1) is 0 Å². The summed E-state index contributed by atoms with van der Waals surface area (Å²) in [5.74, 6) is 1.32. The molecule has 3 atom stereocenters. The molecule has 0 spiro atoms. The van der Waals surface area contributed by atoms with Crippen molar-refractivity contribution in [3.05, 3.63) is 63.7 Å². The van der Waals surface area contributed by atoms with Gasteiger partial charge in [-0.3, -0.25) is 14.8 Å². The number of aromatic nitrogens is 2. The highest BCUT2D eigenvalue weighted by atomic mass is 35.5. The third-order valence-electron chi connectivity index (χ3n) is 5.71. The van der Waals surface area contributed by atoms with E-state index in [4.69, 9.17) is 28.9 Å². The van der Waals surface area contributed by atoms with Crippen LogP contribution in [0.1, 0.15) is 56.1 Å². The highest BCUT2D eigenvalue weighted by Crippen LogP contribution is 2.33. The van der Waals surface area contributed by atoms with Gasteiger partial charge in [0.2, 0.25) is 0 Å². The van der Waals surface area contributed by atoms with E-state index in [2.05, 4.69) is 34.1 Å². The van der Waals surface area contributed by atoms with Gasteiger partial charge in [-0.05, 0) is 55.9 Å². The molecule has 3 unspecified atom stereocenters. The molecule has 2 heterocycles. The molecule has 1 aromatic heterocycles. The van der Waals surface area contributed by atoms with Crippen molar-refractivity contribution in [3.8, 4) is 0 Å². The number of carbonyl (C=O) groups excluding carboxylic acids is 1. The number of piperidine rings is 1. The summed E-state index contributed by atoms with van der Waals surface area (Å²) in [6.45, 7) is 7.14. The Kier molecular flexibility index (Phi) is 8.40. The molecule has 0 saturated carbocycles. The largest absolute Gasteiger partial charge is 0.387 e. The SMILES string of the molecule is C/C(N)=N/C(=C(\CC(=O)c1cccc(Cl)c1Cl)CC1NCC(C)CC1C)c1cnccn1. The van der Waals surface area contributed by atoms with Crippen molar-refractivity contribution in [1.82, 2.24) is 15.3 Å². The second-order valence-electron chi connectivity index (χ2n) is 8.53. The topological polar surface area (TPSA) is 93.3 Å². The second kappa shape index (κ2) is 11.0. The number of halogens is 2. The highest BCUT2D eigenvalue weighted by molar-refractivity contribution is 6.44. The van der Waals surface area contributed by atoms with E-state index >= 15 is 0 Å². The van der Waals surface area contributed by atoms with Gasteiger partial charge in [0.1, 0.15) is 5.69 Å². The molecule has 170 valence electrons. The standard InChI is InChI=1S/C24H29Cl2N5O/c1-14-9-15(2)20(30-12-14)10-17(11-22(32)18-5-4-6-19(25)23(18)26)24(31-16(3)27)21-13-28-7-8-29-21/h4-8,13-15,20,30H,9-12H2,1-3H3,(H2,27,31)/b24-17-. The number of nitrogens with two attached hydrogens (primary N) is 1. The Hall–Kier alpha value is -2.28. The van der Waals surface area contributed by atoms with Crippen LogP contribution in [0.2, 0.25) is 10.0 Å². The molecule has 3 rings (SSSR count). The Morgan fingerprint density at radius 1 is 1.28 bits per heavy atom. The first-order chi connectivity index (χ1) is 15.3. The predicted octanol–water partition coefficient (Wildman–Crippen LogP) is 5.17. The molecule has 1 fully saturated rings. The van der Waals surface area contributed by atoms with Crippen molar-refractivity contribution < 1.29 is 4.79 Å². The fourth-order valence-corrected chi connectivity index (χ4v) is 4.56. The van der Waals surface area contributed by atoms with Crippen molar-refractivity contribution in [1.29, 1.82) is 0 Å². The highest BCUT2D eigenvalue weighted by Gasteiger charge is 2.28. The number of hydrogen-bond donors (Lipinski definition) is 2. The van der Waals surface area contributed by atoms with Crippen LogP contribution in [0, 0.1) is 11.8 Å². The van der Waals surface area contributed by atoms with E-state index in [-0.39, 0.29) is 23.3 Å². The summed E-state index contributed by atoms with van der Waals surface area (Å²) >= 11 is 12.5. The third kappa shape index (κ3) is 6.15. The van der Waals surface area contributed by atoms with Gasteiger partial charge in [0.05, 0.1) is 27.8 Å². The minimum atomic E-state index is -0.129. The Morgan fingerprint density at radius 2 is 2.06 bits per heavy atom. The fraction of sp³-hybridized carbons (Fsp3) is 0.417. The lowest BCUT2D eigenvalue weighted by Crippen LogP contribution is -2.44. The number of rotatable bonds is 7. The van der Waals surface area contributed by atoms with E-state index in [1.54, 1.807) is 43.7 Å². The van der Waals surface area contributed by atoms with E-state index in [9.17, 15) is 4.79 Å². The van der Waals surface area contributed by atoms with Crippen molar-refractivity contribution in [3.63, 3.8) is 0 Å². The number of amidine groups is 1. The predicted molar refractivity (Wildman–Crippen MR) is 131 cm³/mol. The van der Waals surface area contributed by atoms with Crippen LogP contribution in [-0.2, 0) is 0 Å². The fourth-order valence-electron chi connectivity index (χ4n) is 4.15. The molecular weight excluding hydrogens is 445 g/mol. The molecule has 8 heteroatoms. The molecule has 0 amide bonds. The van der Waals surface area contributed by atoms with Gasteiger partial charge in [0.15, 0.2) is 5.78 Å². The minimum Gasteiger partial charge on any atom is -0.387 e. The Bertz CT molecular complexity index is 1020. The average Bonchev–Trinajstić information content (AvgIpc) is 2.75. The van der Waals surface area contributed by atoms with E-state index in [1.165, 1.54) is 0 Å². The van der Waals surface area contributed by atoms with Gasteiger partial charge >= 0.3 is 0 Å². The number of nitrogens with one attached hydrogen (secondary N) is 1. The molecule has 0 bridgehead atoms. The summed E-state index contributed by atoms with van der Waals surface area (Å²) in [5.41, 5.74) is 8.35. The number of ketones is 1. The number of Topliss-reactive ketones (excluding diaryl/α,β-unsaturated/α-hetero) is 1. The first-order valence-electron chi connectivity index (χ1n) is 10.8. The number of aliphatic imine (C=N–C) groups is 1. The van der Waals surface area contributed by atoms with Crippen molar-refractivity contribution in [2.45, 2.75) is 46.1 Å². The van der Waals surface area contributed by atoms with Gasteiger partial charge in [0, 0.05) is 30.4 Å². The number of benzene rings is 1. The molecule has 1 aromatic carbocycles. The first-order valence-corrected chi connectivity index (χ1v) is 11.5. The van der Waals surface area contributed by atoms with Crippen LogP contribution in [0.15, 0.2) is 47.4 Å². The molecule has 0 aliphatic carbocycles. The van der Waals surface area contributed by atoms with Crippen molar-refractivity contribution in [2.24, 2.45) is 22.6 Å². The summed E-state index contributed by atoms with van der Waals surface area (Å²) in [4.78, 5) is 26.5. The first kappa shape index (κ1) is 24.4. The smallest absolute Gasteiger partial charge is 0.168 e. The van der Waals surface area contributed by atoms with Crippen molar-refractivity contribution in [2.75, 3.05) is 6.54 Å². The van der Waals surface area contributed by atoms with Crippen LogP contribution >= 0.6 is 23.2 Å². The van der Waals surface area contributed by atoms with Crippen LogP contribution in [0.3, 0.4) is 0 Å². The maximum absolute atomic E-state index is 13.3. The molecule has 2 aromatic rings. The lowest BCUT2D eigenvalue weighted by molar-refractivity contribution is 0.0991. The third-order valence-corrected chi connectivity index (χ3v) is 6.53. The Balaban J connectivity index is 2.05. The zero-order valence-electron chi connectivity index (χ0n) is 18.6. The maximum atomic E-state index is 13.3. The summed E-state index contributed by atoms with van der Waals surface area (Å²) in [6, 6.07) is 5.29. The molecular formula is C24H29Cl2N5O. The zero-order valence-corrected chi connectivity index (χ0v) is 20.1. The van der Waals surface area contributed by atoms with Crippen LogP contribution in [-0.4, -0.2) is 34.2 Å². The summed E-state index contributed by atoms with van der Waals surface area (Å²) in [5, 5.41) is 4.25. The zero-order chi connectivity index (χ0) is 23.3. The van der Waals surface area contributed by atoms with Gasteiger partial charge in [-0.1, -0.05) is 43.1 Å². The van der Waals surface area contributed by atoms with Crippen LogP contribution in [0.5, 0.6) is 0 Å². The summed E-state index contributed by atoms with van der Waals surface area (Å²) < 4.78 is 0. The molecule has 1 saturated heterocycles. The number of nitrogens with zero attached hydrogens (tertiary/aromatic N) is 3. The molecule has 0 radical (unpaired) electrons. The monoisotopic (exact) mass is 473 g/mol. The lowest BCUT2D eigenvalue weighted by Gasteiger charge is -2.34. The van der Waals surface area contributed by atoms with E-state index < -0.39 is 0 Å². The van der Waals surface area contributed by atoms with E-state index in [1.807, 2.05) is 0 Å². The molecule has 3 N–H and O–H groups in total. The van der Waals surface area contributed by atoms with Crippen LogP contribution < -0.4 is 11.1 Å². The van der Waals surface area contributed by atoms with Gasteiger partial charge in [0.25, 0.3) is 0 Å². The van der Waals surface area contributed by atoms with Crippen LogP contribution in [0.4, 0.5) is 0 Å². The van der Waals surface area contributed by atoms with Gasteiger partial charge < -0.3 is 11.1 Å². The number of hydrogen-bond acceptors (Lipinski definition) is 5. The normalized spacial score (nSPS) is 22.4. The Morgan fingerprint density at radius 3 is 2.72 bits per heavy atom. The number of carbonyl (C=O) groups is 1. The molecule has 1 aliphatic heterocycles. The second-order valence-corrected chi connectivity index (χ2v) is 9.32. The average molecular weight is 474 g/mol. The summed E-state index contributed by atoms with van der Waals surface area (Å²) in [6.07, 6.45) is 6.73. The van der Waals surface area contributed by atoms with E-state index in [0.29, 0.717) is 46.1 Å². The minimum absolute atomic E-state index is 0.128. The van der Waals surface area contributed by atoms with Gasteiger partial charge in [-0.25, -0.2) is 4.99 Å². The molecule has 1 aliphatic rings. The molecule has 6 nitrogen and oxygen atoms in total. The van der Waals surface area contributed by atoms with Crippen LogP contribution in [0.25, 0.3) is 5.70 Å². The maximum Gasteiger partial charge on any atom is 0.168 e. The Labute approximate surface area is 199 Å². The van der Waals surface area contributed by atoms with Gasteiger partial charge in [-0.2, -0.15) is 0 Å². The lowest BCUT2D eigenvalue weighted by atomic mass is 9.82. The van der Waals surface area contributed by atoms with Crippen molar-refractivity contribution >= 4 is 40.5 Å².